The number of amides is 1. The van der Waals surface area contributed by atoms with Crippen molar-refractivity contribution in [1.29, 1.82) is 0 Å². The number of hydrogen-bond donors (Lipinski definition) is 1. The van der Waals surface area contributed by atoms with Crippen molar-refractivity contribution >= 4 is 22.8 Å². The highest BCUT2D eigenvalue weighted by Gasteiger charge is 2.19. The molecule has 3 aromatic rings. The minimum atomic E-state index is -0.242. The second-order valence-corrected chi connectivity index (χ2v) is 6.72. The second kappa shape index (κ2) is 7.36. The van der Waals surface area contributed by atoms with Crippen LogP contribution in [-0.2, 0) is 4.74 Å². The highest BCUT2D eigenvalue weighted by molar-refractivity contribution is 6.06. The number of fused-ring (bicyclic) bond motifs is 1. The molecule has 4 rings (SSSR count). The van der Waals surface area contributed by atoms with Crippen LogP contribution in [0, 0.1) is 6.92 Å². The fraction of sp³-hybridized carbons (Fsp3) is 0.350. The highest BCUT2D eigenvalue weighted by atomic mass is 16.5. The Balaban J connectivity index is 1.59. The van der Waals surface area contributed by atoms with Crippen molar-refractivity contribution in [3.63, 3.8) is 0 Å². The molecule has 1 aliphatic heterocycles. The number of hydrogen-bond acceptors (Lipinski definition) is 5. The van der Waals surface area contributed by atoms with Crippen LogP contribution in [0.2, 0.25) is 0 Å². The number of nitrogens with zero attached hydrogens (tertiary/aromatic N) is 3. The van der Waals surface area contributed by atoms with E-state index in [2.05, 4.69) is 19.9 Å². The summed E-state index contributed by atoms with van der Waals surface area (Å²) in [7, 11) is 1.58. The number of anilines is 1. The van der Waals surface area contributed by atoms with Gasteiger partial charge in [-0.3, -0.25) is 4.79 Å². The Kier molecular flexibility index (Phi) is 4.77. The lowest BCUT2D eigenvalue weighted by molar-refractivity contribution is 0.0704. The molecule has 0 unspecified atom stereocenters. The predicted octanol–water partition coefficient (Wildman–Crippen LogP) is 3.35. The molecule has 0 aliphatic carbocycles. The van der Waals surface area contributed by atoms with Crippen LogP contribution in [0.15, 0.2) is 36.8 Å². The number of aromatic nitrogens is 3. The molecule has 1 N–H and O–H groups in total. The molecule has 1 aromatic carbocycles. The Labute approximate surface area is 157 Å². The largest absolute Gasteiger partial charge is 0.495 e. The van der Waals surface area contributed by atoms with Crippen molar-refractivity contribution in [1.82, 2.24) is 14.5 Å². The molecule has 1 fully saturated rings. The van der Waals surface area contributed by atoms with Crippen LogP contribution in [0.4, 0.5) is 5.69 Å². The first-order valence-corrected chi connectivity index (χ1v) is 9.02. The molecule has 0 bridgehead atoms. The third-order valence-corrected chi connectivity index (χ3v) is 4.86. The number of carbonyl (C=O) groups excluding carboxylic acids is 1. The molecular formula is C20H22N4O3. The standard InChI is InChI=1S/C20H22N4O3/c1-13-3-4-18(26-2)16(9-13)23-20(25)14-10-17-19(21-11-14)24(12-22-17)15-5-7-27-8-6-15/h3-4,9-12,15H,5-8H2,1-2H3,(H,23,25). The molecule has 27 heavy (non-hydrogen) atoms. The van der Waals surface area contributed by atoms with Gasteiger partial charge in [0.1, 0.15) is 11.3 Å². The Morgan fingerprint density at radius 2 is 2.07 bits per heavy atom. The number of imidazole rings is 1. The Morgan fingerprint density at radius 3 is 2.85 bits per heavy atom. The van der Waals surface area contributed by atoms with E-state index >= 15 is 0 Å². The summed E-state index contributed by atoms with van der Waals surface area (Å²) in [6, 6.07) is 7.76. The molecule has 3 heterocycles. The van der Waals surface area contributed by atoms with Gasteiger partial charge >= 0.3 is 0 Å². The molecule has 1 saturated heterocycles. The third-order valence-electron chi connectivity index (χ3n) is 4.86. The summed E-state index contributed by atoms with van der Waals surface area (Å²) in [4.78, 5) is 21.6. The van der Waals surface area contributed by atoms with Crippen molar-refractivity contribution < 1.29 is 14.3 Å². The summed E-state index contributed by atoms with van der Waals surface area (Å²) in [5.74, 6) is 0.376. The van der Waals surface area contributed by atoms with E-state index in [0.717, 1.165) is 37.3 Å². The summed E-state index contributed by atoms with van der Waals surface area (Å²) >= 11 is 0. The van der Waals surface area contributed by atoms with Crippen molar-refractivity contribution in [3.05, 3.63) is 47.9 Å². The highest BCUT2D eigenvalue weighted by Crippen LogP contribution is 2.27. The smallest absolute Gasteiger partial charge is 0.257 e. The van der Waals surface area contributed by atoms with Crippen molar-refractivity contribution in [3.8, 4) is 5.75 Å². The Bertz CT molecular complexity index is 977. The fourth-order valence-corrected chi connectivity index (χ4v) is 3.39. The van der Waals surface area contributed by atoms with Gasteiger partial charge in [0.05, 0.1) is 24.7 Å². The lowest BCUT2D eigenvalue weighted by atomic mass is 10.1. The van der Waals surface area contributed by atoms with E-state index in [9.17, 15) is 4.79 Å². The molecule has 1 amide bonds. The predicted molar refractivity (Wildman–Crippen MR) is 102 cm³/mol. The van der Waals surface area contributed by atoms with Gasteiger partial charge in [-0.15, -0.1) is 0 Å². The first-order valence-electron chi connectivity index (χ1n) is 9.02. The Morgan fingerprint density at radius 1 is 1.26 bits per heavy atom. The van der Waals surface area contributed by atoms with Crippen LogP contribution in [0.1, 0.15) is 34.8 Å². The number of benzene rings is 1. The lowest BCUT2D eigenvalue weighted by Gasteiger charge is -2.23. The molecule has 2 aromatic heterocycles. The van der Waals surface area contributed by atoms with Crippen LogP contribution in [0.5, 0.6) is 5.75 Å². The average Bonchev–Trinajstić information content (AvgIpc) is 3.12. The van der Waals surface area contributed by atoms with Crippen molar-refractivity contribution in [2.45, 2.75) is 25.8 Å². The SMILES string of the molecule is COc1ccc(C)cc1NC(=O)c1cnc2c(c1)ncn2C1CCOCC1. The van der Waals surface area contributed by atoms with E-state index in [-0.39, 0.29) is 5.91 Å². The van der Waals surface area contributed by atoms with E-state index in [1.165, 1.54) is 0 Å². The number of ether oxygens (including phenoxy) is 2. The van der Waals surface area contributed by atoms with Crippen LogP contribution in [-0.4, -0.2) is 40.8 Å². The molecule has 1 aliphatic rings. The molecule has 0 radical (unpaired) electrons. The van der Waals surface area contributed by atoms with Gasteiger partial charge in [0.2, 0.25) is 0 Å². The summed E-state index contributed by atoms with van der Waals surface area (Å²) in [5.41, 5.74) is 3.64. The number of aryl methyl sites for hydroxylation is 1. The second-order valence-electron chi connectivity index (χ2n) is 6.72. The summed E-state index contributed by atoms with van der Waals surface area (Å²) < 4.78 is 12.8. The van der Waals surface area contributed by atoms with E-state index in [4.69, 9.17) is 9.47 Å². The van der Waals surface area contributed by atoms with Crippen LogP contribution in [0.25, 0.3) is 11.2 Å². The maximum absolute atomic E-state index is 12.7. The number of carbonyl (C=O) groups is 1. The zero-order valence-corrected chi connectivity index (χ0v) is 15.4. The molecule has 0 saturated carbocycles. The minimum Gasteiger partial charge on any atom is -0.495 e. The maximum Gasteiger partial charge on any atom is 0.257 e. The summed E-state index contributed by atoms with van der Waals surface area (Å²) in [6.07, 6.45) is 5.29. The topological polar surface area (TPSA) is 78.3 Å². The molecule has 7 nitrogen and oxygen atoms in total. The molecule has 0 spiro atoms. The average molecular weight is 366 g/mol. The fourth-order valence-electron chi connectivity index (χ4n) is 3.39. The van der Waals surface area contributed by atoms with E-state index in [1.807, 2.05) is 25.1 Å². The monoisotopic (exact) mass is 366 g/mol. The Hall–Kier alpha value is -2.93. The first kappa shape index (κ1) is 17.5. The van der Waals surface area contributed by atoms with E-state index in [1.54, 1.807) is 25.7 Å². The molecule has 7 heteroatoms. The maximum atomic E-state index is 12.7. The van der Waals surface area contributed by atoms with Crippen LogP contribution in [0.3, 0.4) is 0 Å². The van der Waals surface area contributed by atoms with E-state index < -0.39 is 0 Å². The van der Waals surface area contributed by atoms with Gasteiger partial charge in [-0.25, -0.2) is 9.97 Å². The lowest BCUT2D eigenvalue weighted by Crippen LogP contribution is -2.19. The molecular weight excluding hydrogens is 344 g/mol. The zero-order valence-electron chi connectivity index (χ0n) is 15.4. The minimum absolute atomic E-state index is 0.242. The number of pyridine rings is 1. The summed E-state index contributed by atoms with van der Waals surface area (Å²) in [6.45, 7) is 3.47. The van der Waals surface area contributed by atoms with Crippen molar-refractivity contribution in [2.24, 2.45) is 0 Å². The normalized spacial score (nSPS) is 15.0. The third kappa shape index (κ3) is 3.50. The van der Waals surface area contributed by atoms with Gasteiger partial charge in [0, 0.05) is 25.5 Å². The number of nitrogens with one attached hydrogen (secondary N) is 1. The van der Waals surface area contributed by atoms with E-state index in [0.29, 0.717) is 28.6 Å². The van der Waals surface area contributed by atoms with Gasteiger partial charge in [0.25, 0.3) is 5.91 Å². The van der Waals surface area contributed by atoms with Gasteiger partial charge in [-0.1, -0.05) is 6.07 Å². The molecule has 140 valence electrons. The number of methoxy groups -OCH3 is 1. The zero-order chi connectivity index (χ0) is 18.8. The van der Waals surface area contributed by atoms with Gasteiger partial charge < -0.3 is 19.4 Å². The number of rotatable bonds is 4. The molecule has 0 atom stereocenters. The summed E-state index contributed by atoms with van der Waals surface area (Å²) in [5, 5.41) is 2.90. The van der Waals surface area contributed by atoms with Gasteiger partial charge in [-0.05, 0) is 43.5 Å². The quantitative estimate of drug-likeness (QED) is 0.766. The van der Waals surface area contributed by atoms with Crippen LogP contribution >= 0.6 is 0 Å². The van der Waals surface area contributed by atoms with Crippen LogP contribution < -0.4 is 10.1 Å². The van der Waals surface area contributed by atoms with Crippen molar-refractivity contribution in [2.75, 3.05) is 25.6 Å². The van der Waals surface area contributed by atoms with Gasteiger partial charge in [-0.2, -0.15) is 0 Å². The first-order chi connectivity index (χ1) is 13.2. The van der Waals surface area contributed by atoms with Gasteiger partial charge in [0.15, 0.2) is 5.65 Å².